The molecule has 5 rings (SSSR count). The molecular weight excluding hydrogens is 360 g/mol. The fraction of sp³-hybridized carbons (Fsp3) is 0.579. The fourth-order valence-corrected chi connectivity index (χ4v) is 4.44. The van der Waals surface area contributed by atoms with Gasteiger partial charge >= 0.3 is 5.69 Å². The number of carbonyl (C=O) groups excluding carboxylic acids is 2. The minimum Gasteiger partial charge on any atom is -0.345 e. The Morgan fingerprint density at radius 3 is 2.46 bits per heavy atom. The van der Waals surface area contributed by atoms with Crippen molar-refractivity contribution in [2.75, 3.05) is 19.6 Å². The topological polar surface area (TPSA) is 118 Å². The highest BCUT2D eigenvalue weighted by atomic mass is 16.2. The summed E-state index contributed by atoms with van der Waals surface area (Å²) in [6.07, 6.45) is 3.13. The average molecular weight is 384 g/mol. The lowest BCUT2D eigenvalue weighted by Crippen LogP contribution is -2.66. The molecule has 3 aliphatic rings. The van der Waals surface area contributed by atoms with Gasteiger partial charge in [-0.05, 0) is 33.1 Å². The first-order chi connectivity index (χ1) is 13.4. The van der Waals surface area contributed by atoms with E-state index in [0.717, 1.165) is 37.3 Å². The molecule has 0 radical (unpaired) electrons. The van der Waals surface area contributed by atoms with E-state index >= 15 is 0 Å². The van der Waals surface area contributed by atoms with E-state index in [-0.39, 0.29) is 23.5 Å². The van der Waals surface area contributed by atoms with E-state index in [1.165, 1.54) is 0 Å². The number of hydrogen-bond acceptors (Lipinski definition) is 4. The van der Waals surface area contributed by atoms with Crippen molar-refractivity contribution in [1.82, 2.24) is 29.7 Å². The number of nitrogens with one attached hydrogen (secondary N) is 3. The van der Waals surface area contributed by atoms with Gasteiger partial charge in [-0.25, -0.2) is 9.78 Å². The van der Waals surface area contributed by atoms with Crippen LogP contribution in [0, 0.1) is 19.8 Å². The van der Waals surface area contributed by atoms with Crippen molar-refractivity contribution < 1.29 is 9.59 Å². The lowest BCUT2D eigenvalue weighted by Gasteiger charge is -2.53. The Morgan fingerprint density at radius 2 is 1.79 bits per heavy atom. The van der Waals surface area contributed by atoms with Crippen molar-refractivity contribution in [3.8, 4) is 0 Å². The summed E-state index contributed by atoms with van der Waals surface area (Å²) in [6, 6.07) is 0.0108. The van der Waals surface area contributed by atoms with Crippen LogP contribution in [0.2, 0.25) is 0 Å². The number of imidazole rings is 2. The third kappa shape index (κ3) is 2.68. The molecule has 9 heteroatoms. The number of amides is 2. The second kappa shape index (κ2) is 6.08. The van der Waals surface area contributed by atoms with Crippen molar-refractivity contribution in [2.24, 2.45) is 5.92 Å². The number of fused-ring (bicyclic) bond motifs is 1. The highest BCUT2D eigenvalue weighted by Crippen LogP contribution is 2.39. The molecule has 28 heavy (non-hydrogen) atoms. The van der Waals surface area contributed by atoms with Gasteiger partial charge in [0, 0.05) is 42.9 Å². The number of piperidine rings is 1. The van der Waals surface area contributed by atoms with Crippen LogP contribution in [0.5, 0.6) is 0 Å². The number of H-pyrrole nitrogens is 3. The number of hydrogen-bond donors (Lipinski definition) is 3. The Bertz CT molecular complexity index is 1010. The Labute approximate surface area is 161 Å². The molecule has 2 atom stereocenters. The molecule has 3 N–H and O–H groups in total. The second-order valence-electron chi connectivity index (χ2n) is 8.27. The van der Waals surface area contributed by atoms with E-state index in [2.05, 4.69) is 19.9 Å². The number of nitrogens with zero attached hydrogens (tertiary/aromatic N) is 3. The van der Waals surface area contributed by atoms with Gasteiger partial charge in [-0.15, -0.1) is 0 Å². The fourth-order valence-electron chi connectivity index (χ4n) is 4.44. The maximum atomic E-state index is 13.1. The van der Waals surface area contributed by atoms with Gasteiger partial charge < -0.3 is 24.8 Å². The van der Waals surface area contributed by atoms with E-state index < -0.39 is 0 Å². The maximum Gasteiger partial charge on any atom is 0.323 e. The van der Waals surface area contributed by atoms with Crippen LogP contribution in [-0.2, 0) is 0 Å². The van der Waals surface area contributed by atoms with Gasteiger partial charge in [0.2, 0.25) is 0 Å². The van der Waals surface area contributed by atoms with Crippen LogP contribution in [0.25, 0.3) is 0 Å². The summed E-state index contributed by atoms with van der Waals surface area (Å²) in [5.41, 5.74) is 1.79. The molecule has 2 amide bonds. The molecule has 1 aliphatic carbocycles. The number of rotatable bonds is 3. The molecule has 4 heterocycles. The summed E-state index contributed by atoms with van der Waals surface area (Å²) in [4.78, 5) is 53.9. The Hall–Kier alpha value is -2.84. The van der Waals surface area contributed by atoms with Crippen molar-refractivity contribution in [3.63, 3.8) is 0 Å². The van der Waals surface area contributed by atoms with Crippen molar-refractivity contribution in [3.05, 3.63) is 39.1 Å². The normalized spacial score (nSPS) is 24.1. The average Bonchev–Trinajstić information content (AvgIpc) is 3.33. The van der Waals surface area contributed by atoms with Gasteiger partial charge in [0.15, 0.2) is 0 Å². The molecule has 0 spiro atoms. The zero-order valence-corrected chi connectivity index (χ0v) is 16.0. The van der Waals surface area contributed by atoms with Crippen LogP contribution in [0.4, 0.5) is 0 Å². The maximum absolute atomic E-state index is 13.1. The van der Waals surface area contributed by atoms with Crippen molar-refractivity contribution >= 4 is 11.8 Å². The smallest absolute Gasteiger partial charge is 0.323 e. The Kier molecular flexibility index (Phi) is 3.75. The molecule has 0 bridgehead atoms. The standard InChI is InChI=1S/C19H24N6O3/c1-9-15(22-16(20-9)11-3-4-11)18(27)25-7-12-5-6-24(8-13(12)25)17(26)14-10(2)21-19(28)23-14/h11-13H,3-8H2,1-2H3,(H,20,22)(H2,21,23,28)/t12-,13-/m0/s1. The van der Waals surface area contributed by atoms with Gasteiger partial charge in [-0.3, -0.25) is 9.59 Å². The molecule has 0 aromatic carbocycles. The number of carbonyl (C=O) groups is 2. The summed E-state index contributed by atoms with van der Waals surface area (Å²) >= 11 is 0. The molecule has 1 saturated carbocycles. The van der Waals surface area contributed by atoms with E-state index in [9.17, 15) is 14.4 Å². The van der Waals surface area contributed by atoms with Crippen LogP contribution in [0.3, 0.4) is 0 Å². The summed E-state index contributed by atoms with van der Waals surface area (Å²) in [5.74, 6) is 1.56. The summed E-state index contributed by atoms with van der Waals surface area (Å²) in [6.45, 7) is 5.44. The number of aromatic amines is 3. The van der Waals surface area contributed by atoms with Crippen LogP contribution in [-0.4, -0.2) is 67.2 Å². The van der Waals surface area contributed by atoms with Crippen LogP contribution in [0.1, 0.15) is 63.4 Å². The number of likely N-dealkylation sites (tertiary alicyclic amines) is 2. The van der Waals surface area contributed by atoms with Crippen LogP contribution in [0.15, 0.2) is 4.79 Å². The monoisotopic (exact) mass is 384 g/mol. The highest BCUT2D eigenvalue weighted by Gasteiger charge is 2.47. The third-order valence-corrected chi connectivity index (χ3v) is 6.30. The molecule has 2 saturated heterocycles. The molecule has 9 nitrogen and oxygen atoms in total. The molecule has 2 aromatic rings. The zero-order chi connectivity index (χ0) is 19.6. The van der Waals surface area contributed by atoms with Gasteiger partial charge in [0.1, 0.15) is 17.2 Å². The largest absolute Gasteiger partial charge is 0.345 e. The lowest BCUT2D eigenvalue weighted by atomic mass is 9.82. The van der Waals surface area contributed by atoms with E-state index in [0.29, 0.717) is 42.0 Å². The predicted molar refractivity (Wildman–Crippen MR) is 100 cm³/mol. The zero-order valence-electron chi connectivity index (χ0n) is 16.0. The van der Waals surface area contributed by atoms with Crippen molar-refractivity contribution in [1.29, 1.82) is 0 Å². The molecule has 3 fully saturated rings. The third-order valence-electron chi connectivity index (χ3n) is 6.30. The number of aryl methyl sites for hydroxylation is 2. The SMILES string of the molecule is Cc1[nH]c(C2CC2)nc1C(=O)N1C[C@@H]2CCN(C(=O)c3[nH]c(=O)[nH]c3C)C[C@@H]21. The Balaban J connectivity index is 1.32. The first-order valence-electron chi connectivity index (χ1n) is 9.88. The molecule has 0 unspecified atom stereocenters. The molecule has 2 aromatic heterocycles. The quantitative estimate of drug-likeness (QED) is 0.729. The highest BCUT2D eigenvalue weighted by molar-refractivity contribution is 5.95. The van der Waals surface area contributed by atoms with E-state index in [4.69, 9.17) is 0 Å². The molecule has 2 aliphatic heterocycles. The summed E-state index contributed by atoms with van der Waals surface area (Å²) in [5, 5.41) is 0. The summed E-state index contributed by atoms with van der Waals surface area (Å²) in [7, 11) is 0. The predicted octanol–water partition coefficient (Wildman–Crippen LogP) is 0.907. The van der Waals surface area contributed by atoms with Gasteiger partial charge in [-0.2, -0.15) is 0 Å². The summed E-state index contributed by atoms with van der Waals surface area (Å²) < 4.78 is 0. The minimum absolute atomic E-state index is 0.0108. The first kappa shape index (κ1) is 17.3. The molecular formula is C19H24N6O3. The van der Waals surface area contributed by atoms with Crippen molar-refractivity contribution in [2.45, 2.75) is 45.1 Å². The van der Waals surface area contributed by atoms with Crippen LogP contribution < -0.4 is 5.69 Å². The second-order valence-corrected chi connectivity index (χ2v) is 8.27. The van der Waals surface area contributed by atoms with Gasteiger partial charge in [0.25, 0.3) is 11.8 Å². The van der Waals surface area contributed by atoms with Gasteiger partial charge in [-0.1, -0.05) is 0 Å². The first-order valence-corrected chi connectivity index (χ1v) is 9.88. The van der Waals surface area contributed by atoms with Crippen LogP contribution >= 0.6 is 0 Å². The van der Waals surface area contributed by atoms with Gasteiger partial charge in [0.05, 0.1) is 6.04 Å². The Morgan fingerprint density at radius 1 is 1.00 bits per heavy atom. The van der Waals surface area contributed by atoms with E-state index in [1.807, 2.05) is 11.8 Å². The lowest BCUT2D eigenvalue weighted by molar-refractivity contribution is -0.0240. The molecule has 148 valence electrons. The van der Waals surface area contributed by atoms with E-state index in [1.54, 1.807) is 11.8 Å². The minimum atomic E-state index is -0.378. The number of aromatic nitrogens is 4.